The summed E-state index contributed by atoms with van der Waals surface area (Å²) in [4.78, 5) is 24.3. The number of amides is 1. The normalized spacial score (nSPS) is 32.7. The summed E-state index contributed by atoms with van der Waals surface area (Å²) >= 11 is 0. The number of carbonyl (C=O) groups excluding carboxylic acids is 1. The van der Waals surface area contributed by atoms with Crippen molar-refractivity contribution < 1.29 is 27.7 Å². The molecule has 1 amide bonds. The van der Waals surface area contributed by atoms with E-state index < -0.39 is 37.9 Å². The van der Waals surface area contributed by atoms with Gasteiger partial charge in [0, 0.05) is 6.92 Å². The van der Waals surface area contributed by atoms with Gasteiger partial charge in [0.15, 0.2) is 15.9 Å². The molecule has 2 aliphatic heterocycles. The van der Waals surface area contributed by atoms with E-state index in [1.807, 2.05) is 18.5 Å². The summed E-state index contributed by atoms with van der Waals surface area (Å²) in [6.07, 6.45) is 3.35. The van der Waals surface area contributed by atoms with E-state index in [-0.39, 0.29) is 13.0 Å². The van der Waals surface area contributed by atoms with E-state index in [1.54, 1.807) is 17.1 Å². The van der Waals surface area contributed by atoms with E-state index in [0.717, 1.165) is 10.6 Å². The molecule has 22 heavy (non-hydrogen) atoms. The molecule has 3 heterocycles. The first-order valence-corrected chi connectivity index (χ1v) is 8.43. The number of imidazole rings is 1. The Morgan fingerprint density at radius 2 is 2.18 bits per heavy atom. The van der Waals surface area contributed by atoms with Gasteiger partial charge in [-0.05, 0) is 6.92 Å². The maximum Gasteiger partial charge on any atom is 0.328 e. The van der Waals surface area contributed by atoms with Gasteiger partial charge < -0.3 is 10.0 Å². The van der Waals surface area contributed by atoms with Gasteiger partial charge in [-0.3, -0.25) is 4.79 Å². The van der Waals surface area contributed by atoms with Gasteiger partial charge >= 0.3 is 5.97 Å². The first-order valence-electron chi connectivity index (χ1n) is 6.89. The lowest BCUT2D eigenvalue weighted by molar-refractivity contribution is -0.700. The molecule has 1 aromatic rings. The summed E-state index contributed by atoms with van der Waals surface area (Å²) in [6, 6.07) is -1.35. The minimum absolute atomic E-state index is 0.00569. The van der Waals surface area contributed by atoms with Crippen molar-refractivity contribution in [2.75, 3.05) is 0 Å². The number of sulfone groups is 1. The third-order valence-electron chi connectivity index (χ3n) is 4.77. The van der Waals surface area contributed by atoms with Crippen molar-refractivity contribution in [3.8, 4) is 0 Å². The molecule has 9 heteroatoms. The van der Waals surface area contributed by atoms with Crippen LogP contribution < -0.4 is 4.57 Å². The van der Waals surface area contributed by atoms with Crippen molar-refractivity contribution in [1.29, 1.82) is 0 Å². The number of carboxylic acids is 1. The van der Waals surface area contributed by atoms with Crippen LogP contribution >= 0.6 is 0 Å². The fraction of sp³-hybridized carbons (Fsp3) is 0.615. The van der Waals surface area contributed by atoms with Gasteiger partial charge in [0.2, 0.25) is 12.2 Å². The van der Waals surface area contributed by atoms with E-state index in [0.29, 0.717) is 0 Å². The fourth-order valence-electron chi connectivity index (χ4n) is 3.41. The molecule has 1 unspecified atom stereocenters. The molecule has 1 aromatic heterocycles. The van der Waals surface area contributed by atoms with Crippen LogP contribution in [0.2, 0.25) is 0 Å². The van der Waals surface area contributed by atoms with E-state index >= 15 is 0 Å². The highest BCUT2D eigenvalue weighted by atomic mass is 32.2. The van der Waals surface area contributed by atoms with Gasteiger partial charge in [-0.1, -0.05) is 0 Å². The first-order chi connectivity index (χ1) is 10.1. The van der Waals surface area contributed by atoms with Crippen LogP contribution in [0.1, 0.15) is 19.0 Å². The number of carbonyl (C=O) groups is 2. The third kappa shape index (κ3) is 1.68. The molecule has 0 saturated carbocycles. The largest absolute Gasteiger partial charge is 0.480 e. The quantitative estimate of drug-likeness (QED) is 0.556. The van der Waals surface area contributed by atoms with Gasteiger partial charge in [0.25, 0.3) is 0 Å². The molecule has 2 fully saturated rings. The second-order valence-electron chi connectivity index (χ2n) is 6.23. The average Bonchev–Trinajstić information content (AvgIpc) is 2.75. The molecular weight excluding hydrogens is 310 g/mol. The van der Waals surface area contributed by atoms with E-state index in [4.69, 9.17) is 0 Å². The zero-order valence-electron chi connectivity index (χ0n) is 12.6. The summed E-state index contributed by atoms with van der Waals surface area (Å²) in [7, 11) is -1.94. The molecule has 0 aliphatic carbocycles. The van der Waals surface area contributed by atoms with Crippen LogP contribution in [0.25, 0.3) is 0 Å². The van der Waals surface area contributed by atoms with Gasteiger partial charge in [-0.25, -0.2) is 22.3 Å². The third-order valence-corrected chi connectivity index (χ3v) is 7.54. The smallest absolute Gasteiger partial charge is 0.328 e. The summed E-state index contributed by atoms with van der Waals surface area (Å²) in [5.41, 5.74) is 0.922. The number of aliphatic carboxylic acids is 1. The predicted octanol–water partition coefficient (Wildman–Crippen LogP) is -1.18. The average molecular weight is 328 g/mol. The number of carboxylic acid groups (broad SMARTS) is 1. The SMILES string of the molecule is Cc1c[n+](C[C@@]2(C)[C@H](C(=O)O)N3C(=O)CC3S2(=O)=O)cn1C. The van der Waals surface area contributed by atoms with Crippen molar-refractivity contribution in [2.24, 2.45) is 7.05 Å². The van der Waals surface area contributed by atoms with Crippen molar-refractivity contribution in [1.82, 2.24) is 9.47 Å². The lowest BCUT2D eigenvalue weighted by Gasteiger charge is -2.35. The Morgan fingerprint density at radius 1 is 1.55 bits per heavy atom. The lowest BCUT2D eigenvalue weighted by atomic mass is 9.96. The van der Waals surface area contributed by atoms with Crippen molar-refractivity contribution in [3.63, 3.8) is 0 Å². The number of aryl methyl sites for hydroxylation is 2. The van der Waals surface area contributed by atoms with Crippen LogP contribution in [0.15, 0.2) is 12.5 Å². The van der Waals surface area contributed by atoms with Crippen LogP contribution in [-0.2, 0) is 33.0 Å². The predicted molar refractivity (Wildman–Crippen MR) is 74.3 cm³/mol. The van der Waals surface area contributed by atoms with Gasteiger partial charge in [-0.15, -0.1) is 0 Å². The lowest BCUT2D eigenvalue weighted by Crippen LogP contribution is -2.60. The topological polar surface area (TPSA) is 101 Å². The number of hydrogen-bond donors (Lipinski definition) is 1. The Kier molecular flexibility index (Phi) is 2.94. The number of β-lactam (4-membered cyclic amide) rings is 1. The zero-order valence-corrected chi connectivity index (χ0v) is 13.4. The summed E-state index contributed by atoms with van der Waals surface area (Å²) in [5.74, 6) is -1.70. The molecule has 8 nitrogen and oxygen atoms in total. The van der Waals surface area contributed by atoms with E-state index in [2.05, 4.69) is 0 Å². The highest BCUT2D eigenvalue weighted by Gasteiger charge is 2.70. The first kappa shape index (κ1) is 15.0. The van der Waals surface area contributed by atoms with Crippen molar-refractivity contribution >= 4 is 21.7 Å². The van der Waals surface area contributed by atoms with E-state index in [1.165, 1.54) is 6.92 Å². The van der Waals surface area contributed by atoms with Crippen LogP contribution in [-0.4, -0.2) is 51.0 Å². The standard InChI is InChI=1S/C13H17N3O5S/c1-8-5-15(7-14(8)3)6-13(2)11(12(18)19)16-9(17)4-10(16)22(13,20)21/h5,7,10-11H,4,6H2,1-3H3/p+1/t10?,11-,13-/m0/s1. The maximum absolute atomic E-state index is 12.8. The Morgan fingerprint density at radius 3 is 2.64 bits per heavy atom. The molecule has 0 bridgehead atoms. The van der Waals surface area contributed by atoms with Crippen LogP contribution in [0.4, 0.5) is 0 Å². The fourth-order valence-corrected chi connectivity index (χ4v) is 5.79. The molecular formula is C13H18N3O5S+. The van der Waals surface area contributed by atoms with Crippen LogP contribution in [0.3, 0.4) is 0 Å². The molecule has 3 atom stereocenters. The summed E-state index contributed by atoms with van der Waals surface area (Å²) in [6.45, 7) is 3.28. The Bertz CT molecular complexity index is 764. The Balaban J connectivity index is 2.08. The number of nitrogens with zero attached hydrogens (tertiary/aromatic N) is 3. The number of hydrogen-bond acceptors (Lipinski definition) is 4. The van der Waals surface area contributed by atoms with Crippen molar-refractivity contribution in [3.05, 3.63) is 18.2 Å². The molecule has 0 spiro atoms. The molecule has 1 N–H and O–H groups in total. The van der Waals surface area contributed by atoms with Crippen LogP contribution in [0, 0.1) is 6.92 Å². The highest BCUT2D eigenvalue weighted by molar-refractivity contribution is 7.93. The second-order valence-corrected chi connectivity index (χ2v) is 8.79. The van der Waals surface area contributed by atoms with Gasteiger partial charge in [-0.2, -0.15) is 0 Å². The Labute approximate surface area is 127 Å². The Hall–Kier alpha value is -1.90. The molecule has 2 aliphatic rings. The molecule has 120 valence electrons. The number of aromatic nitrogens is 2. The minimum Gasteiger partial charge on any atom is -0.480 e. The monoisotopic (exact) mass is 328 g/mol. The minimum atomic E-state index is -3.76. The number of rotatable bonds is 3. The summed E-state index contributed by atoms with van der Waals surface area (Å²) in [5, 5.41) is 8.48. The van der Waals surface area contributed by atoms with Crippen molar-refractivity contribution in [2.45, 2.75) is 43.0 Å². The zero-order chi connectivity index (χ0) is 16.4. The van der Waals surface area contributed by atoms with Gasteiger partial charge in [0.05, 0.1) is 13.5 Å². The van der Waals surface area contributed by atoms with E-state index in [9.17, 15) is 23.1 Å². The van der Waals surface area contributed by atoms with Crippen LogP contribution in [0.5, 0.6) is 0 Å². The number of fused-ring (bicyclic) bond motifs is 1. The molecule has 3 rings (SSSR count). The highest BCUT2D eigenvalue weighted by Crippen LogP contribution is 2.46. The van der Waals surface area contributed by atoms with Gasteiger partial charge in [0.1, 0.15) is 28.6 Å². The molecule has 0 aromatic carbocycles. The summed E-state index contributed by atoms with van der Waals surface area (Å²) < 4.78 is 27.4. The molecule has 0 radical (unpaired) electrons. The maximum atomic E-state index is 12.8. The molecule has 2 saturated heterocycles. The second kappa shape index (κ2) is 4.31.